The molecule has 0 atom stereocenters. The van der Waals surface area contributed by atoms with Crippen LogP contribution in [-0.2, 0) is 10.8 Å². The first-order valence-electron chi connectivity index (χ1n) is 21.1. The highest BCUT2D eigenvalue weighted by molar-refractivity contribution is 5.97. The van der Waals surface area contributed by atoms with Crippen molar-refractivity contribution in [3.63, 3.8) is 0 Å². The van der Waals surface area contributed by atoms with Crippen LogP contribution >= 0.6 is 0 Å². The maximum absolute atomic E-state index is 2.54. The number of anilines is 3. The first-order chi connectivity index (χ1) is 29.4. The van der Waals surface area contributed by atoms with Gasteiger partial charge in [0.1, 0.15) is 0 Å². The summed E-state index contributed by atoms with van der Waals surface area (Å²) in [7, 11) is 0. The highest BCUT2D eigenvalue weighted by Gasteiger charge is 2.46. The Hall–Kier alpha value is -7.22. The van der Waals surface area contributed by atoms with Crippen LogP contribution in [-0.4, -0.2) is 0 Å². The smallest absolute Gasteiger partial charge is 0.0714 e. The van der Waals surface area contributed by atoms with Crippen molar-refractivity contribution in [3.05, 3.63) is 257 Å². The predicted octanol–water partition coefficient (Wildman–Crippen LogP) is 15.5. The minimum Gasteiger partial charge on any atom is -0.310 e. The van der Waals surface area contributed by atoms with Gasteiger partial charge >= 0.3 is 0 Å². The number of fused-ring (bicyclic) bond motifs is 6. The number of nitrogens with zero attached hydrogens (tertiary/aromatic N) is 1. The van der Waals surface area contributed by atoms with Crippen LogP contribution in [0.1, 0.15) is 52.8 Å². The Morgan fingerprint density at radius 1 is 0.350 bits per heavy atom. The molecule has 9 aromatic rings. The number of benzene rings is 9. The second-order valence-corrected chi connectivity index (χ2v) is 16.9. The predicted molar refractivity (Wildman–Crippen MR) is 252 cm³/mol. The third-order valence-corrected chi connectivity index (χ3v) is 13.2. The molecule has 0 aliphatic heterocycles. The van der Waals surface area contributed by atoms with E-state index >= 15 is 0 Å². The molecule has 2 aliphatic carbocycles. The van der Waals surface area contributed by atoms with Crippen LogP contribution in [0.4, 0.5) is 17.1 Å². The van der Waals surface area contributed by atoms with Crippen molar-refractivity contribution < 1.29 is 0 Å². The fraction of sp³-hybridized carbons (Fsp3) is 0.0847. The molecule has 0 heterocycles. The van der Waals surface area contributed by atoms with Gasteiger partial charge in [-0.2, -0.15) is 0 Å². The Labute approximate surface area is 353 Å². The van der Waals surface area contributed by atoms with Crippen LogP contribution < -0.4 is 4.90 Å². The summed E-state index contributed by atoms with van der Waals surface area (Å²) in [5.74, 6) is 0. The van der Waals surface area contributed by atoms with Gasteiger partial charge in [-0.15, -0.1) is 0 Å². The Morgan fingerprint density at radius 3 is 1.53 bits per heavy atom. The molecule has 0 fully saturated rings. The average Bonchev–Trinajstić information content (AvgIpc) is 3.73. The monoisotopic (exact) mass is 767 g/mol. The molecule has 0 spiro atoms. The minimum atomic E-state index is -0.527. The summed E-state index contributed by atoms with van der Waals surface area (Å²) in [4.78, 5) is 2.54. The van der Waals surface area contributed by atoms with E-state index in [1.807, 2.05) is 0 Å². The molecular formula is C59H45N. The molecule has 0 N–H and O–H groups in total. The summed E-state index contributed by atoms with van der Waals surface area (Å²) in [6, 6.07) is 81.2. The number of hydrogen-bond acceptors (Lipinski definition) is 1. The van der Waals surface area contributed by atoms with E-state index in [-0.39, 0.29) is 5.41 Å². The van der Waals surface area contributed by atoms with Gasteiger partial charge in [0.25, 0.3) is 0 Å². The van der Waals surface area contributed by atoms with Crippen molar-refractivity contribution in [1.82, 2.24) is 0 Å². The van der Waals surface area contributed by atoms with Crippen LogP contribution in [0.15, 0.2) is 218 Å². The molecule has 0 amide bonds. The average molecular weight is 768 g/mol. The van der Waals surface area contributed by atoms with E-state index in [1.165, 1.54) is 89.1 Å². The highest BCUT2D eigenvalue weighted by atomic mass is 15.1. The molecule has 11 rings (SSSR count). The van der Waals surface area contributed by atoms with Gasteiger partial charge in [-0.3, -0.25) is 0 Å². The van der Waals surface area contributed by atoms with Crippen LogP contribution in [0.2, 0.25) is 0 Å². The summed E-state index contributed by atoms with van der Waals surface area (Å²) in [6.45, 7) is 7.01. The lowest BCUT2D eigenvalue weighted by Crippen LogP contribution is -2.29. The number of hydrogen-bond donors (Lipinski definition) is 0. The van der Waals surface area contributed by atoms with E-state index in [1.54, 1.807) is 0 Å². The Bertz CT molecular complexity index is 3020. The van der Waals surface area contributed by atoms with Crippen LogP contribution in [0.3, 0.4) is 0 Å². The lowest BCUT2D eigenvalue weighted by Gasteiger charge is -2.36. The first-order valence-corrected chi connectivity index (χ1v) is 21.1. The normalized spacial score (nSPS) is 13.8. The van der Waals surface area contributed by atoms with Crippen molar-refractivity contribution in [2.24, 2.45) is 0 Å². The quantitative estimate of drug-likeness (QED) is 0.156. The molecule has 1 nitrogen and oxygen atoms in total. The van der Waals surface area contributed by atoms with E-state index in [2.05, 4.69) is 244 Å². The van der Waals surface area contributed by atoms with Gasteiger partial charge in [-0.25, -0.2) is 0 Å². The van der Waals surface area contributed by atoms with Crippen molar-refractivity contribution >= 4 is 17.1 Å². The van der Waals surface area contributed by atoms with Crippen LogP contribution in [0.5, 0.6) is 0 Å². The summed E-state index contributed by atoms with van der Waals surface area (Å²) >= 11 is 0. The largest absolute Gasteiger partial charge is 0.310 e. The molecule has 2 aliphatic rings. The number of rotatable bonds is 7. The second kappa shape index (κ2) is 14.0. The lowest BCUT2D eigenvalue weighted by atomic mass is 9.67. The third-order valence-electron chi connectivity index (χ3n) is 13.2. The maximum atomic E-state index is 2.54. The van der Waals surface area contributed by atoms with Gasteiger partial charge in [0.15, 0.2) is 0 Å². The van der Waals surface area contributed by atoms with Gasteiger partial charge in [-0.05, 0) is 115 Å². The molecule has 0 bridgehead atoms. The summed E-state index contributed by atoms with van der Waals surface area (Å²) in [5.41, 5.74) is 21.8. The van der Waals surface area contributed by atoms with E-state index in [4.69, 9.17) is 0 Å². The van der Waals surface area contributed by atoms with Gasteiger partial charge in [0.2, 0.25) is 0 Å². The fourth-order valence-electron chi connectivity index (χ4n) is 10.6. The molecule has 1 heteroatoms. The molecular weight excluding hydrogens is 723 g/mol. The van der Waals surface area contributed by atoms with Gasteiger partial charge < -0.3 is 4.90 Å². The van der Waals surface area contributed by atoms with E-state index in [0.717, 1.165) is 11.4 Å². The molecule has 286 valence electrons. The molecule has 0 aromatic heterocycles. The number of aryl methyl sites for hydroxylation is 1. The Kier molecular flexibility index (Phi) is 8.36. The SMILES string of the molecule is Cc1cc(N(c2ccc(-c3ccccc3)c(-c3ccccc3)c2)c2cccc3c2-c2ccccc2C3(C)C)cc(C2(c3ccccc3)c3ccccc3-c3ccccc32)c1. The molecule has 60 heavy (non-hydrogen) atoms. The third kappa shape index (κ3) is 5.39. The van der Waals surface area contributed by atoms with Gasteiger partial charge in [0.05, 0.1) is 11.1 Å². The second-order valence-electron chi connectivity index (χ2n) is 16.9. The molecule has 0 saturated heterocycles. The van der Waals surface area contributed by atoms with Crippen molar-refractivity contribution in [2.75, 3.05) is 4.90 Å². The zero-order valence-electron chi connectivity index (χ0n) is 34.2. The van der Waals surface area contributed by atoms with Crippen molar-refractivity contribution in [3.8, 4) is 44.5 Å². The van der Waals surface area contributed by atoms with E-state index in [0.29, 0.717) is 0 Å². The first kappa shape index (κ1) is 35.9. The molecule has 9 aromatic carbocycles. The standard InChI is InChI=1S/C59H45N/c1-40-36-44(59(43-24-11-6-12-25-43)53-30-17-13-26-48(53)49-27-14-18-31-54(49)59)38-46(37-40)60(56-33-19-32-55-57(56)50-28-15-16-29-52(50)58(55,2)3)45-34-35-47(41-20-7-4-8-21-41)51(39-45)42-22-9-5-10-23-42/h4-39H,1-3H3. The highest BCUT2D eigenvalue weighted by Crippen LogP contribution is 2.58. The summed E-state index contributed by atoms with van der Waals surface area (Å²) in [5, 5.41) is 0. The Morgan fingerprint density at radius 2 is 0.883 bits per heavy atom. The van der Waals surface area contributed by atoms with Gasteiger partial charge in [0, 0.05) is 22.4 Å². The van der Waals surface area contributed by atoms with E-state index in [9.17, 15) is 0 Å². The zero-order chi connectivity index (χ0) is 40.4. The zero-order valence-corrected chi connectivity index (χ0v) is 34.2. The summed E-state index contributed by atoms with van der Waals surface area (Å²) in [6.07, 6.45) is 0. The summed E-state index contributed by atoms with van der Waals surface area (Å²) < 4.78 is 0. The van der Waals surface area contributed by atoms with Crippen molar-refractivity contribution in [1.29, 1.82) is 0 Å². The minimum absolute atomic E-state index is 0.146. The molecule has 0 unspecified atom stereocenters. The fourth-order valence-corrected chi connectivity index (χ4v) is 10.6. The molecule has 0 radical (unpaired) electrons. The van der Waals surface area contributed by atoms with Gasteiger partial charge in [-0.1, -0.05) is 202 Å². The lowest BCUT2D eigenvalue weighted by molar-refractivity contribution is 0.660. The van der Waals surface area contributed by atoms with Crippen LogP contribution in [0.25, 0.3) is 44.5 Å². The maximum Gasteiger partial charge on any atom is 0.0714 e. The molecule has 0 saturated carbocycles. The Balaban J connectivity index is 1.23. The van der Waals surface area contributed by atoms with Crippen molar-refractivity contribution in [2.45, 2.75) is 31.6 Å². The van der Waals surface area contributed by atoms with Crippen LogP contribution in [0, 0.1) is 6.92 Å². The van der Waals surface area contributed by atoms with E-state index < -0.39 is 5.41 Å². The topological polar surface area (TPSA) is 3.24 Å².